The summed E-state index contributed by atoms with van der Waals surface area (Å²) in [6.07, 6.45) is 1.63. The Kier molecular flexibility index (Phi) is 5.73. The first-order chi connectivity index (χ1) is 13.6. The van der Waals surface area contributed by atoms with Crippen LogP contribution in [0.5, 0.6) is 0 Å². The molecule has 4 rings (SSSR count). The van der Waals surface area contributed by atoms with Crippen LogP contribution in [0.1, 0.15) is 29.4 Å². The van der Waals surface area contributed by atoms with Crippen molar-refractivity contribution in [3.05, 3.63) is 58.0 Å². The van der Waals surface area contributed by atoms with Crippen LogP contribution < -0.4 is 0 Å². The lowest BCUT2D eigenvalue weighted by atomic mass is 10.1. The van der Waals surface area contributed by atoms with Crippen molar-refractivity contribution in [2.24, 2.45) is 0 Å². The molecule has 2 aromatic rings. The van der Waals surface area contributed by atoms with E-state index < -0.39 is 0 Å². The van der Waals surface area contributed by atoms with Crippen molar-refractivity contribution in [2.45, 2.75) is 31.4 Å². The molecule has 0 radical (unpaired) electrons. The summed E-state index contributed by atoms with van der Waals surface area (Å²) in [5.41, 5.74) is 0.857. The monoisotopic (exact) mass is 402 g/mol. The minimum Gasteiger partial charge on any atom is -0.370 e. The number of likely N-dealkylation sites (tertiary alicyclic amines) is 1. The molecule has 2 aliphatic heterocycles. The predicted octanol–water partition coefficient (Wildman–Crippen LogP) is 3.02. The smallest absolute Gasteiger partial charge is 0.245 e. The summed E-state index contributed by atoms with van der Waals surface area (Å²) in [7, 11) is 0. The van der Waals surface area contributed by atoms with Gasteiger partial charge in [0.15, 0.2) is 0 Å². The number of hydrogen-bond acceptors (Lipinski definition) is 4. The first-order valence-corrected chi connectivity index (χ1v) is 10.5. The van der Waals surface area contributed by atoms with Crippen molar-refractivity contribution in [1.29, 1.82) is 0 Å². The van der Waals surface area contributed by atoms with E-state index in [0.717, 1.165) is 16.9 Å². The molecule has 2 saturated heterocycles. The highest BCUT2D eigenvalue weighted by molar-refractivity contribution is 7.10. The maximum atomic E-state index is 13.2. The molecule has 2 fully saturated rings. The molecule has 2 atom stereocenters. The van der Waals surface area contributed by atoms with Gasteiger partial charge in [-0.1, -0.05) is 18.2 Å². The summed E-state index contributed by atoms with van der Waals surface area (Å²) in [4.78, 5) is 30.4. The Labute approximate surface area is 167 Å². The van der Waals surface area contributed by atoms with Gasteiger partial charge in [-0.2, -0.15) is 0 Å². The van der Waals surface area contributed by atoms with Crippen LogP contribution in [0, 0.1) is 5.82 Å². The van der Waals surface area contributed by atoms with Crippen molar-refractivity contribution < 1.29 is 18.7 Å². The molecule has 0 aliphatic carbocycles. The zero-order valence-electron chi connectivity index (χ0n) is 15.6. The molecule has 28 heavy (non-hydrogen) atoms. The van der Waals surface area contributed by atoms with Crippen molar-refractivity contribution in [3.8, 4) is 0 Å². The summed E-state index contributed by atoms with van der Waals surface area (Å²) < 4.78 is 19.0. The molecule has 2 amide bonds. The highest BCUT2D eigenvalue weighted by atomic mass is 32.1. The lowest BCUT2D eigenvalue weighted by Gasteiger charge is -2.36. The molecule has 7 heteroatoms. The van der Waals surface area contributed by atoms with Crippen LogP contribution in [0.15, 0.2) is 41.8 Å². The maximum Gasteiger partial charge on any atom is 0.245 e. The lowest BCUT2D eigenvalue weighted by molar-refractivity contribution is -0.148. The second kappa shape index (κ2) is 8.41. The largest absolute Gasteiger partial charge is 0.370 e. The van der Waals surface area contributed by atoms with E-state index in [2.05, 4.69) is 0 Å². The third-order valence-electron chi connectivity index (χ3n) is 5.38. The van der Waals surface area contributed by atoms with E-state index in [1.54, 1.807) is 33.3 Å². The van der Waals surface area contributed by atoms with Crippen molar-refractivity contribution in [1.82, 2.24) is 9.80 Å². The van der Waals surface area contributed by atoms with Crippen LogP contribution in [0.2, 0.25) is 0 Å². The van der Waals surface area contributed by atoms with Crippen LogP contribution in [0.25, 0.3) is 0 Å². The Hall–Kier alpha value is -2.25. The molecule has 148 valence electrons. The SMILES string of the molecule is O=C(C1CCCN1C(=O)Cc1cccs1)N1CCOC(c2ccc(F)cc2)C1. The number of rotatable bonds is 4. The number of nitrogens with zero attached hydrogens (tertiary/aromatic N) is 2. The van der Waals surface area contributed by atoms with E-state index in [-0.39, 0.29) is 29.8 Å². The van der Waals surface area contributed by atoms with Crippen LogP contribution in [0.4, 0.5) is 4.39 Å². The number of halogens is 1. The Morgan fingerprint density at radius 2 is 2.00 bits per heavy atom. The number of amides is 2. The number of ether oxygens (including phenoxy) is 1. The maximum absolute atomic E-state index is 13.2. The molecule has 2 aliphatic rings. The van der Waals surface area contributed by atoms with E-state index in [9.17, 15) is 14.0 Å². The molecule has 0 saturated carbocycles. The standard InChI is InChI=1S/C21H23FN2O3S/c22-16-7-5-15(6-8-16)19-14-23(10-11-27-19)21(26)18-4-1-9-24(18)20(25)13-17-3-2-12-28-17/h2-3,5-8,12,18-19H,1,4,9-11,13-14H2. The average Bonchev–Trinajstić information content (AvgIpc) is 3.40. The quantitative estimate of drug-likeness (QED) is 0.790. The minimum absolute atomic E-state index is 0.00700. The topological polar surface area (TPSA) is 49.9 Å². The number of benzene rings is 1. The zero-order chi connectivity index (χ0) is 19.5. The van der Waals surface area contributed by atoms with Crippen LogP contribution in [0.3, 0.4) is 0 Å². The summed E-state index contributed by atoms with van der Waals surface area (Å²) in [5.74, 6) is -0.285. The summed E-state index contributed by atoms with van der Waals surface area (Å²) in [6, 6.07) is 9.69. The van der Waals surface area contributed by atoms with Gasteiger partial charge in [0.05, 0.1) is 19.6 Å². The number of morpholine rings is 1. The molecule has 2 unspecified atom stereocenters. The van der Waals surface area contributed by atoms with Gasteiger partial charge in [-0.3, -0.25) is 9.59 Å². The highest BCUT2D eigenvalue weighted by Crippen LogP contribution is 2.26. The normalized spacial score (nSPS) is 22.5. The Morgan fingerprint density at radius 1 is 1.18 bits per heavy atom. The summed E-state index contributed by atoms with van der Waals surface area (Å²) in [6.45, 7) is 2.00. The fraction of sp³-hybridized carbons (Fsp3) is 0.429. The highest BCUT2D eigenvalue weighted by Gasteiger charge is 2.38. The fourth-order valence-electron chi connectivity index (χ4n) is 3.93. The molecule has 1 aromatic carbocycles. The van der Waals surface area contributed by atoms with Crippen LogP contribution >= 0.6 is 11.3 Å². The molecule has 0 bridgehead atoms. The first-order valence-electron chi connectivity index (χ1n) is 9.59. The third-order valence-corrected chi connectivity index (χ3v) is 6.26. The Morgan fingerprint density at radius 3 is 2.75 bits per heavy atom. The average molecular weight is 402 g/mol. The van der Waals surface area contributed by atoms with E-state index in [1.807, 2.05) is 17.5 Å². The minimum atomic E-state index is -0.389. The van der Waals surface area contributed by atoms with Gasteiger partial charge < -0.3 is 14.5 Å². The van der Waals surface area contributed by atoms with E-state index in [0.29, 0.717) is 39.1 Å². The molecule has 0 N–H and O–H groups in total. The molecular weight excluding hydrogens is 379 g/mol. The van der Waals surface area contributed by atoms with E-state index in [4.69, 9.17) is 4.74 Å². The molecular formula is C21H23FN2O3S. The van der Waals surface area contributed by atoms with Gasteiger partial charge >= 0.3 is 0 Å². The van der Waals surface area contributed by atoms with Crippen molar-refractivity contribution >= 4 is 23.2 Å². The van der Waals surface area contributed by atoms with Gasteiger partial charge in [0.1, 0.15) is 18.0 Å². The molecule has 0 spiro atoms. The van der Waals surface area contributed by atoms with Gasteiger partial charge in [-0.15, -0.1) is 11.3 Å². The second-order valence-electron chi connectivity index (χ2n) is 7.20. The van der Waals surface area contributed by atoms with E-state index in [1.165, 1.54) is 12.1 Å². The van der Waals surface area contributed by atoms with Gasteiger partial charge in [0, 0.05) is 18.0 Å². The zero-order valence-corrected chi connectivity index (χ0v) is 16.4. The predicted molar refractivity (Wildman–Crippen MR) is 104 cm³/mol. The molecule has 3 heterocycles. The fourth-order valence-corrected chi connectivity index (χ4v) is 4.62. The third kappa shape index (κ3) is 4.10. The first kappa shape index (κ1) is 19.1. The Balaban J connectivity index is 1.42. The number of hydrogen-bond donors (Lipinski definition) is 0. The Bertz CT molecular complexity index is 825. The number of carbonyl (C=O) groups is 2. The number of carbonyl (C=O) groups excluding carboxylic acids is 2. The van der Waals surface area contributed by atoms with E-state index >= 15 is 0 Å². The number of thiophene rings is 1. The molecule has 5 nitrogen and oxygen atoms in total. The van der Waals surface area contributed by atoms with Crippen molar-refractivity contribution in [2.75, 3.05) is 26.2 Å². The summed E-state index contributed by atoms with van der Waals surface area (Å²) in [5, 5.41) is 1.96. The van der Waals surface area contributed by atoms with Gasteiger partial charge in [0.2, 0.25) is 11.8 Å². The molecule has 1 aromatic heterocycles. The van der Waals surface area contributed by atoms with Gasteiger partial charge in [0.25, 0.3) is 0 Å². The lowest BCUT2D eigenvalue weighted by Crippen LogP contribution is -2.51. The second-order valence-corrected chi connectivity index (χ2v) is 8.23. The van der Waals surface area contributed by atoms with Gasteiger partial charge in [-0.05, 0) is 42.0 Å². The van der Waals surface area contributed by atoms with Crippen LogP contribution in [-0.2, 0) is 20.7 Å². The van der Waals surface area contributed by atoms with Crippen LogP contribution in [-0.4, -0.2) is 53.9 Å². The van der Waals surface area contributed by atoms with Crippen molar-refractivity contribution in [3.63, 3.8) is 0 Å². The summed E-state index contributed by atoms with van der Waals surface area (Å²) >= 11 is 1.56. The van der Waals surface area contributed by atoms with Gasteiger partial charge in [-0.25, -0.2) is 4.39 Å².